The fourth-order valence-electron chi connectivity index (χ4n) is 1.42. The maximum absolute atomic E-state index is 13.5. The zero-order valence-electron chi connectivity index (χ0n) is 6.47. The van der Waals surface area contributed by atoms with Crippen LogP contribution in [0.4, 0.5) is 4.39 Å². The van der Waals surface area contributed by atoms with Crippen LogP contribution in [-0.2, 0) is 9.53 Å². The Bertz CT molecular complexity index is 174. The van der Waals surface area contributed by atoms with Crippen molar-refractivity contribution >= 4 is 5.97 Å². The Kier molecular flexibility index (Phi) is 2.13. The Morgan fingerprint density at radius 2 is 2.45 bits per heavy atom. The molecule has 64 valence electrons. The van der Waals surface area contributed by atoms with E-state index in [9.17, 15) is 9.18 Å². The first-order valence-electron chi connectivity index (χ1n) is 3.64. The highest BCUT2D eigenvalue weighted by molar-refractivity contribution is 5.80. The van der Waals surface area contributed by atoms with Crippen LogP contribution >= 0.6 is 0 Å². The fourth-order valence-corrected chi connectivity index (χ4v) is 1.42. The van der Waals surface area contributed by atoms with Gasteiger partial charge < -0.3 is 10.5 Å². The van der Waals surface area contributed by atoms with Gasteiger partial charge >= 0.3 is 5.97 Å². The summed E-state index contributed by atoms with van der Waals surface area (Å²) >= 11 is 0. The van der Waals surface area contributed by atoms with E-state index in [0.29, 0.717) is 12.8 Å². The van der Waals surface area contributed by atoms with Crippen molar-refractivity contribution in [3.05, 3.63) is 0 Å². The monoisotopic (exact) mass is 161 g/mol. The minimum Gasteiger partial charge on any atom is -0.467 e. The number of halogens is 1. The summed E-state index contributed by atoms with van der Waals surface area (Å²) in [5.41, 5.74) is 3.49. The van der Waals surface area contributed by atoms with E-state index >= 15 is 0 Å². The molecule has 2 N–H and O–H groups in total. The predicted octanol–water partition coefficient (Wildman–Crippen LogP) is 0.379. The maximum atomic E-state index is 13.5. The van der Waals surface area contributed by atoms with Gasteiger partial charge in [-0.3, -0.25) is 0 Å². The molecule has 3 nitrogen and oxygen atoms in total. The Balaban J connectivity index is 2.72. The second-order valence-electron chi connectivity index (χ2n) is 2.85. The van der Waals surface area contributed by atoms with E-state index in [1.165, 1.54) is 7.11 Å². The number of methoxy groups -OCH3 is 1. The molecule has 0 saturated heterocycles. The molecule has 4 heteroatoms. The minimum atomic E-state index is -1.92. The van der Waals surface area contributed by atoms with Crippen molar-refractivity contribution in [3.8, 4) is 0 Å². The van der Waals surface area contributed by atoms with Crippen molar-refractivity contribution < 1.29 is 13.9 Å². The Labute approximate surface area is 64.7 Å². The van der Waals surface area contributed by atoms with Gasteiger partial charge in [-0.2, -0.15) is 0 Å². The molecule has 0 aliphatic heterocycles. The summed E-state index contributed by atoms with van der Waals surface area (Å²) in [7, 11) is 1.18. The fraction of sp³-hybridized carbons (Fsp3) is 0.857. The Morgan fingerprint density at radius 1 is 1.82 bits per heavy atom. The molecule has 2 atom stereocenters. The number of carbonyl (C=O) groups excluding carboxylic acids is 1. The molecule has 1 aliphatic carbocycles. The molecule has 1 rings (SSSR count). The maximum Gasteiger partial charge on any atom is 0.345 e. The number of nitrogens with two attached hydrogens (primary N) is 1. The minimum absolute atomic E-state index is 0.195. The van der Waals surface area contributed by atoms with Crippen LogP contribution in [0.2, 0.25) is 0 Å². The quantitative estimate of drug-likeness (QED) is 0.565. The van der Waals surface area contributed by atoms with Gasteiger partial charge in [-0.15, -0.1) is 0 Å². The Morgan fingerprint density at radius 3 is 2.82 bits per heavy atom. The zero-order chi connectivity index (χ0) is 8.48. The summed E-state index contributed by atoms with van der Waals surface area (Å²) in [6.45, 7) is 0. The van der Waals surface area contributed by atoms with E-state index in [1.807, 2.05) is 0 Å². The Hall–Kier alpha value is -0.640. The van der Waals surface area contributed by atoms with Crippen LogP contribution < -0.4 is 5.73 Å². The lowest BCUT2D eigenvalue weighted by Crippen LogP contribution is -2.46. The smallest absolute Gasteiger partial charge is 0.345 e. The summed E-state index contributed by atoms with van der Waals surface area (Å²) in [6, 6.07) is -0.685. The first-order chi connectivity index (χ1) is 5.11. The lowest BCUT2D eigenvalue weighted by Gasteiger charge is -2.20. The molecule has 0 aromatic rings. The van der Waals surface area contributed by atoms with Gasteiger partial charge in [0.05, 0.1) is 7.11 Å². The highest BCUT2D eigenvalue weighted by Gasteiger charge is 2.49. The molecule has 0 aromatic carbocycles. The summed E-state index contributed by atoms with van der Waals surface area (Å²) in [5.74, 6) is -0.831. The SMILES string of the molecule is COC(=O)C1(F)CCCC1N. The number of rotatable bonds is 1. The van der Waals surface area contributed by atoms with Gasteiger partial charge in [0.15, 0.2) is 0 Å². The van der Waals surface area contributed by atoms with Crippen molar-refractivity contribution in [2.24, 2.45) is 5.73 Å². The second kappa shape index (κ2) is 2.77. The van der Waals surface area contributed by atoms with Crippen LogP contribution in [-0.4, -0.2) is 24.8 Å². The molecule has 0 aromatic heterocycles. The van der Waals surface area contributed by atoms with Gasteiger partial charge in [-0.1, -0.05) is 0 Å². The molecule has 11 heavy (non-hydrogen) atoms. The van der Waals surface area contributed by atoms with Gasteiger partial charge in [0.25, 0.3) is 0 Å². The zero-order valence-corrected chi connectivity index (χ0v) is 6.47. The molecule has 0 heterocycles. The molecule has 0 spiro atoms. The van der Waals surface area contributed by atoms with Crippen LogP contribution in [0.15, 0.2) is 0 Å². The summed E-state index contributed by atoms with van der Waals surface area (Å²) in [6.07, 6.45) is 1.42. The van der Waals surface area contributed by atoms with E-state index in [0.717, 1.165) is 0 Å². The third-order valence-electron chi connectivity index (χ3n) is 2.17. The standard InChI is InChI=1S/C7H12FNO2/c1-11-6(10)7(8)4-2-3-5(7)9/h5H,2-4,9H2,1H3. The second-order valence-corrected chi connectivity index (χ2v) is 2.85. The highest BCUT2D eigenvalue weighted by atomic mass is 19.1. The van der Waals surface area contributed by atoms with Gasteiger partial charge in [0, 0.05) is 6.04 Å². The molecule has 2 unspecified atom stereocenters. The van der Waals surface area contributed by atoms with Crippen molar-refractivity contribution in [1.82, 2.24) is 0 Å². The average Bonchev–Trinajstić information content (AvgIpc) is 2.32. The molecule has 1 aliphatic rings. The number of hydrogen-bond donors (Lipinski definition) is 1. The van der Waals surface area contributed by atoms with Crippen molar-refractivity contribution in [2.75, 3.05) is 7.11 Å². The topological polar surface area (TPSA) is 52.3 Å². The lowest BCUT2D eigenvalue weighted by atomic mass is 10.0. The summed E-state index contributed by atoms with van der Waals surface area (Å²) in [5, 5.41) is 0. The molecular weight excluding hydrogens is 149 g/mol. The van der Waals surface area contributed by atoms with E-state index in [2.05, 4.69) is 4.74 Å². The first kappa shape index (κ1) is 8.46. The van der Waals surface area contributed by atoms with Gasteiger partial charge in [-0.05, 0) is 19.3 Å². The highest BCUT2D eigenvalue weighted by Crippen LogP contribution is 2.33. The van der Waals surface area contributed by atoms with Gasteiger partial charge in [0.1, 0.15) is 0 Å². The van der Waals surface area contributed by atoms with Crippen molar-refractivity contribution in [3.63, 3.8) is 0 Å². The van der Waals surface area contributed by atoms with Crippen LogP contribution in [0.5, 0.6) is 0 Å². The number of ether oxygens (including phenoxy) is 1. The number of carbonyl (C=O) groups is 1. The molecular formula is C7H12FNO2. The van der Waals surface area contributed by atoms with Crippen LogP contribution in [0.3, 0.4) is 0 Å². The van der Waals surface area contributed by atoms with E-state index in [-0.39, 0.29) is 6.42 Å². The van der Waals surface area contributed by atoms with Gasteiger partial charge in [-0.25, -0.2) is 9.18 Å². The normalized spacial score (nSPS) is 37.2. The third-order valence-corrected chi connectivity index (χ3v) is 2.17. The number of hydrogen-bond acceptors (Lipinski definition) is 3. The summed E-state index contributed by atoms with van der Waals surface area (Å²) in [4.78, 5) is 10.9. The largest absolute Gasteiger partial charge is 0.467 e. The average molecular weight is 161 g/mol. The predicted molar refractivity (Wildman–Crippen MR) is 37.7 cm³/mol. The third kappa shape index (κ3) is 1.22. The lowest BCUT2D eigenvalue weighted by molar-refractivity contribution is -0.155. The molecule has 0 radical (unpaired) electrons. The van der Waals surface area contributed by atoms with Crippen LogP contribution in [0, 0.1) is 0 Å². The van der Waals surface area contributed by atoms with E-state index in [4.69, 9.17) is 5.73 Å². The summed E-state index contributed by atoms with van der Waals surface area (Å²) < 4.78 is 17.8. The van der Waals surface area contributed by atoms with Crippen LogP contribution in [0.25, 0.3) is 0 Å². The van der Waals surface area contributed by atoms with Crippen molar-refractivity contribution in [2.45, 2.75) is 31.0 Å². The number of esters is 1. The molecule has 1 fully saturated rings. The van der Waals surface area contributed by atoms with Crippen LogP contribution in [0.1, 0.15) is 19.3 Å². The number of alkyl halides is 1. The van der Waals surface area contributed by atoms with E-state index in [1.54, 1.807) is 0 Å². The molecule has 0 bridgehead atoms. The van der Waals surface area contributed by atoms with E-state index < -0.39 is 17.7 Å². The molecule has 1 saturated carbocycles. The first-order valence-corrected chi connectivity index (χ1v) is 3.64. The van der Waals surface area contributed by atoms with Gasteiger partial charge in [0.2, 0.25) is 5.67 Å². The molecule has 0 amide bonds. The van der Waals surface area contributed by atoms with Crippen molar-refractivity contribution in [1.29, 1.82) is 0 Å².